The van der Waals surface area contributed by atoms with Gasteiger partial charge in [0, 0.05) is 39.3 Å². The predicted octanol–water partition coefficient (Wildman–Crippen LogP) is 4.36. The van der Waals surface area contributed by atoms with Gasteiger partial charge in [0.1, 0.15) is 0 Å². The van der Waals surface area contributed by atoms with Gasteiger partial charge >= 0.3 is 6.18 Å². The Hall–Kier alpha value is -2.62. The van der Waals surface area contributed by atoms with Crippen molar-refractivity contribution in [1.82, 2.24) is 15.0 Å². The van der Waals surface area contributed by atoms with Gasteiger partial charge in [-0.05, 0) is 69.1 Å². The van der Waals surface area contributed by atoms with E-state index < -0.39 is 17.3 Å². The summed E-state index contributed by atoms with van der Waals surface area (Å²) in [5.41, 5.74) is -1.73. The number of halogens is 3. The summed E-state index contributed by atoms with van der Waals surface area (Å²) < 4.78 is 39.6. The van der Waals surface area contributed by atoms with Crippen molar-refractivity contribution in [3.05, 3.63) is 35.4 Å². The zero-order valence-corrected chi connectivity index (χ0v) is 20.0. The molecule has 0 amide bonds. The molecular weight excluding hydrogens is 457 g/mol. The van der Waals surface area contributed by atoms with Gasteiger partial charge in [0.25, 0.3) is 0 Å². The Kier molecular flexibility index (Phi) is 6.74. The molecule has 0 spiro atoms. The molecule has 0 atom stereocenters. The Morgan fingerprint density at radius 3 is 1.60 bits per heavy atom. The summed E-state index contributed by atoms with van der Waals surface area (Å²) in [6.45, 7) is 4.62. The fourth-order valence-corrected chi connectivity index (χ4v) is 5.31. The second-order valence-corrected chi connectivity index (χ2v) is 9.93. The molecule has 3 saturated heterocycles. The maximum atomic E-state index is 13.2. The third-order valence-corrected chi connectivity index (χ3v) is 7.48. The molecule has 1 aromatic carbocycles. The number of anilines is 3. The van der Waals surface area contributed by atoms with E-state index in [0.29, 0.717) is 49.3 Å². The van der Waals surface area contributed by atoms with Gasteiger partial charge in [-0.15, -0.1) is 0 Å². The number of benzene rings is 1. The van der Waals surface area contributed by atoms with E-state index >= 15 is 0 Å². The van der Waals surface area contributed by atoms with E-state index in [1.807, 2.05) is 4.90 Å². The van der Waals surface area contributed by atoms with Crippen molar-refractivity contribution in [2.45, 2.75) is 63.1 Å². The van der Waals surface area contributed by atoms with Gasteiger partial charge in [-0.3, -0.25) is 0 Å². The Bertz CT molecular complexity index is 976. The van der Waals surface area contributed by atoms with E-state index in [4.69, 9.17) is 15.0 Å². The quantitative estimate of drug-likeness (QED) is 0.683. The van der Waals surface area contributed by atoms with Crippen LogP contribution in [0.5, 0.6) is 0 Å². The van der Waals surface area contributed by atoms with E-state index in [1.54, 1.807) is 6.07 Å². The lowest BCUT2D eigenvalue weighted by Gasteiger charge is -2.39. The van der Waals surface area contributed by atoms with Gasteiger partial charge < -0.3 is 19.8 Å². The van der Waals surface area contributed by atoms with Crippen LogP contribution in [0.4, 0.5) is 31.0 Å². The fourth-order valence-electron chi connectivity index (χ4n) is 5.31. The fraction of sp³-hybridized carbons (Fsp3) is 0.640. The van der Waals surface area contributed by atoms with Crippen LogP contribution in [0, 0.1) is 0 Å². The molecule has 3 aliphatic rings. The molecule has 4 heterocycles. The van der Waals surface area contributed by atoms with Crippen molar-refractivity contribution in [1.29, 1.82) is 0 Å². The molecule has 35 heavy (non-hydrogen) atoms. The number of aromatic nitrogens is 3. The third kappa shape index (κ3) is 5.32. The third-order valence-electron chi connectivity index (χ3n) is 7.48. The van der Waals surface area contributed by atoms with Gasteiger partial charge in [-0.25, -0.2) is 0 Å². The van der Waals surface area contributed by atoms with Crippen molar-refractivity contribution in [2.75, 3.05) is 54.0 Å². The molecule has 3 fully saturated rings. The SMILES string of the molecule is OC1(c2cccc(C(F)(F)F)c2)CCN(c2nc(N3CCCCC3)nc(N3CCCCC3)n2)CC1. The normalized spacial score (nSPS) is 21.3. The zero-order chi connectivity index (χ0) is 24.5. The van der Waals surface area contributed by atoms with Crippen molar-refractivity contribution in [2.24, 2.45) is 0 Å². The monoisotopic (exact) mass is 490 g/mol. The van der Waals surface area contributed by atoms with Gasteiger partial charge in [0.05, 0.1) is 11.2 Å². The lowest BCUT2D eigenvalue weighted by molar-refractivity contribution is -0.137. The second-order valence-electron chi connectivity index (χ2n) is 9.93. The zero-order valence-electron chi connectivity index (χ0n) is 20.0. The molecule has 0 unspecified atom stereocenters. The smallest absolute Gasteiger partial charge is 0.385 e. The maximum absolute atomic E-state index is 13.2. The Morgan fingerprint density at radius 2 is 1.14 bits per heavy atom. The largest absolute Gasteiger partial charge is 0.416 e. The molecular formula is C25H33F3N6O. The highest BCUT2D eigenvalue weighted by Crippen LogP contribution is 2.37. The first kappa shape index (κ1) is 24.1. The van der Waals surface area contributed by atoms with Gasteiger partial charge in [0.15, 0.2) is 0 Å². The van der Waals surface area contributed by atoms with Crippen molar-refractivity contribution >= 4 is 17.8 Å². The standard InChI is InChI=1S/C25H33F3N6O/c26-25(27,28)20-9-7-8-19(18-20)24(35)10-16-34(17-11-24)23-30-21(32-12-3-1-4-13-32)29-22(31-23)33-14-5-2-6-15-33/h7-9,18,35H,1-6,10-17H2. The predicted molar refractivity (Wildman–Crippen MR) is 129 cm³/mol. The lowest BCUT2D eigenvalue weighted by atomic mass is 9.84. The molecule has 7 nitrogen and oxygen atoms in total. The highest BCUT2D eigenvalue weighted by Gasteiger charge is 2.38. The molecule has 0 bridgehead atoms. The highest BCUT2D eigenvalue weighted by molar-refractivity contribution is 5.47. The van der Waals surface area contributed by atoms with Crippen LogP contribution in [-0.4, -0.2) is 59.3 Å². The first-order chi connectivity index (χ1) is 16.8. The van der Waals surface area contributed by atoms with E-state index in [0.717, 1.165) is 64.0 Å². The molecule has 3 aliphatic heterocycles. The number of aliphatic hydroxyl groups is 1. The van der Waals surface area contributed by atoms with Crippen molar-refractivity contribution in [3.8, 4) is 0 Å². The summed E-state index contributed by atoms with van der Waals surface area (Å²) in [6.07, 6.45) is 3.08. The molecule has 0 radical (unpaired) electrons. The number of piperidine rings is 3. The molecule has 5 rings (SSSR count). The van der Waals surface area contributed by atoms with E-state index in [-0.39, 0.29) is 0 Å². The molecule has 2 aromatic rings. The Labute approximate surface area is 204 Å². The van der Waals surface area contributed by atoms with Crippen LogP contribution in [0.1, 0.15) is 62.5 Å². The summed E-state index contributed by atoms with van der Waals surface area (Å²) in [4.78, 5) is 20.9. The molecule has 0 saturated carbocycles. The summed E-state index contributed by atoms with van der Waals surface area (Å²) >= 11 is 0. The van der Waals surface area contributed by atoms with Crippen LogP contribution in [0.15, 0.2) is 24.3 Å². The van der Waals surface area contributed by atoms with E-state index in [9.17, 15) is 18.3 Å². The minimum absolute atomic E-state index is 0.304. The Morgan fingerprint density at radius 1 is 0.686 bits per heavy atom. The number of rotatable bonds is 4. The van der Waals surface area contributed by atoms with Gasteiger partial charge in [0.2, 0.25) is 17.8 Å². The summed E-state index contributed by atoms with van der Waals surface area (Å²) in [7, 11) is 0. The van der Waals surface area contributed by atoms with Crippen molar-refractivity contribution in [3.63, 3.8) is 0 Å². The van der Waals surface area contributed by atoms with Crippen LogP contribution in [0.25, 0.3) is 0 Å². The van der Waals surface area contributed by atoms with Crippen LogP contribution in [-0.2, 0) is 11.8 Å². The van der Waals surface area contributed by atoms with Crippen molar-refractivity contribution < 1.29 is 18.3 Å². The summed E-state index contributed by atoms with van der Waals surface area (Å²) in [5, 5.41) is 11.3. The van der Waals surface area contributed by atoms with Crippen LogP contribution in [0.2, 0.25) is 0 Å². The number of hydrogen-bond donors (Lipinski definition) is 1. The topological polar surface area (TPSA) is 68.6 Å². The van der Waals surface area contributed by atoms with E-state index in [2.05, 4.69) is 9.80 Å². The molecule has 10 heteroatoms. The van der Waals surface area contributed by atoms with Crippen LogP contribution < -0.4 is 14.7 Å². The molecule has 1 aromatic heterocycles. The van der Waals surface area contributed by atoms with Crippen LogP contribution >= 0.6 is 0 Å². The van der Waals surface area contributed by atoms with Crippen LogP contribution in [0.3, 0.4) is 0 Å². The first-order valence-electron chi connectivity index (χ1n) is 12.7. The highest BCUT2D eigenvalue weighted by atomic mass is 19.4. The molecule has 0 aliphatic carbocycles. The summed E-state index contributed by atoms with van der Waals surface area (Å²) in [6, 6.07) is 5.06. The van der Waals surface area contributed by atoms with Gasteiger partial charge in [-0.2, -0.15) is 28.1 Å². The molecule has 190 valence electrons. The number of alkyl halides is 3. The van der Waals surface area contributed by atoms with E-state index in [1.165, 1.54) is 18.9 Å². The Balaban J connectivity index is 1.37. The number of nitrogens with zero attached hydrogens (tertiary/aromatic N) is 6. The van der Waals surface area contributed by atoms with Gasteiger partial charge in [-0.1, -0.05) is 12.1 Å². The second kappa shape index (κ2) is 9.79. The molecule has 1 N–H and O–H groups in total. The first-order valence-corrected chi connectivity index (χ1v) is 12.7. The average Bonchev–Trinajstić information content (AvgIpc) is 2.89. The maximum Gasteiger partial charge on any atom is 0.416 e. The summed E-state index contributed by atoms with van der Waals surface area (Å²) in [5.74, 6) is 2.00. The lowest BCUT2D eigenvalue weighted by Crippen LogP contribution is -2.44. The average molecular weight is 491 g/mol. The minimum atomic E-state index is -4.44. The minimum Gasteiger partial charge on any atom is -0.385 e. The number of hydrogen-bond acceptors (Lipinski definition) is 7.